The summed E-state index contributed by atoms with van der Waals surface area (Å²) in [6.07, 6.45) is -3.55. The van der Waals surface area contributed by atoms with Gasteiger partial charge in [-0.2, -0.15) is 0 Å². The first-order valence-electron chi connectivity index (χ1n) is 6.80. The fraction of sp³-hybridized carbons (Fsp3) is 0.615. The van der Waals surface area contributed by atoms with Gasteiger partial charge >= 0.3 is 5.69 Å². The summed E-state index contributed by atoms with van der Waals surface area (Å²) >= 11 is 0. The van der Waals surface area contributed by atoms with Crippen molar-refractivity contribution in [2.24, 2.45) is 0 Å². The Hall–Kier alpha value is -1.81. The molecule has 1 fully saturated rings. The maximum atomic E-state index is 12.4. The Morgan fingerprint density at radius 1 is 1.45 bits per heavy atom. The van der Waals surface area contributed by atoms with Crippen LogP contribution in [0.15, 0.2) is 15.8 Å². The van der Waals surface area contributed by atoms with Crippen molar-refractivity contribution in [1.82, 2.24) is 9.55 Å². The molecule has 1 aromatic heterocycles. The van der Waals surface area contributed by atoms with Crippen LogP contribution in [0, 0.1) is 6.92 Å². The smallest absolute Gasteiger partial charge is 0.331 e. The van der Waals surface area contributed by atoms with Gasteiger partial charge in [0.25, 0.3) is 5.56 Å². The lowest BCUT2D eigenvalue weighted by atomic mass is 9.96. The molecule has 4 atom stereocenters. The number of aromatic amines is 1. The van der Waals surface area contributed by atoms with Crippen LogP contribution < -0.4 is 11.2 Å². The van der Waals surface area contributed by atoms with Gasteiger partial charge in [0.05, 0.1) is 6.61 Å². The van der Waals surface area contributed by atoms with Gasteiger partial charge in [-0.3, -0.25) is 19.1 Å². The number of aryl methyl sites for hydroxylation is 1. The van der Waals surface area contributed by atoms with E-state index in [1.165, 1.54) is 13.8 Å². The van der Waals surface area contributed by atoms with Crippen LogP contribution in [0.5, 0.6) is 0 Å². The first kappa shape index (κ1) is 16.6. The van der Waals surface area contributed by atoms with Crippen LogP contribution in [0.1, 0.15) is 18.9 Å². The minimum absolute atomic E-state index is 0.0907. The molecule has 0 saturated carbocycles. The fourth-order valence-corrected chi connectivity index (χ4v) is 2.58. The van der Waals surface area contributed by atoms with E-state index in [4.69, 9.17) is 4.74 Å². The molecule has 0 radical (unpaired) electrons. The molecule has 2 heterocycles. The van der Waals surface area contributed by atoms with Crippen LogP contribution in [0.3, 0.4) is 0 Å². The standard InChI is InChI=1S/C13H18N2O7/c1-3-8(17)13(10(19)9(18)7(5-16)22-13)15-4-6(2)11(20)14-12(15)21/h4,7,9-10,16,18-19H,3,5H2,1-2H3,(H,14,20,21)/t7-,9-,10-,13-/m1/s1. The number of nitrogens with one attached hydrogen (secondary N) is 1. The molecule has 4 N–H and O–H groups in total. The Kier molecular flexibility index (Phi) is 4.34. The van der Waals surface area contributed by atoms with Gasteiger partial charge in [0.15, 0.2) is 5.78 Å². The molecular formula is C13H18N2O7. The lowest BCUT2D eigenvalue weighted by Crippen LogP contribution is -2.56. The topological polar surface area (TPSA) is 142 Å². The van der Waals surface area contributed by atoms with Gasteiger partial charge in [-0.15, -0.1) is 0 Å². The third-order valence-electron chi connectivity index (χ3n) is 3.81. The van der Waals surface area contributed by atoms with Crippen LogP contribution in [-0.4, -0.2) is 55.6 Å². The van der Waals surface area contributed by atoms with Crippen molar-refractivity contribution >= 4 is 5.78 Å². The van der Waals surface area contributed by atoms with Crippen molar-refractivity contribution in [3.8, 4) is 0 Å². The highest BCUT2D eigenvalue weighted by atomic mass is 16.6. The van der Waals surface area contributed by atoms with E-state index in [0.717, 1.165) is 10.8 Å². The van der Waals surface area contributed by atoms with Crippen molar-refractivity contribution < 1.29 is 24.9 Å². The van der Waals surface area contributed by atoms with Crippen molar-refractivity contribution in [1.29, 1.82) is 0 Å². The molecule has 0 spiro atoms. The van der Waals surface area contributed by atoms with E-state index in [0.29, 0.717) is 0 Å². The summed E-state index contributed by atoms with van der Waals surface area (Å²) in [6, 6.07) is 0. The molecule has 9 nitrogen and oxygen atoms in total. The predicted octanol–water partition coefficient (Wildman–Crippen LogP) is -2.41. The van der Waals surface area contributed by atoms with E-state index in [-0.39, 0.29) is 12.0 Å². The van der Waals surface area contributed by atoms with Crippen molar-refractivity contribution in [2.45, 2.75) is 44.3 Å². The highest BCUT2D eigenvalue weighted by Crippen LogP contribution is 2.36. The maximum absolute atomic E-state index is 12.4. The van der Waals surface area contributed by atoms with Crippen molar-refractivity contribution in [2.75, 3.05) is 6.61 Å². The number of aliphatic hydroxyl groups excluding tert-OH is 3. The maximum Gasteiger partial charge on any atom is 0.331 e. The van der Waals surface area contributed by atoms with Gasteiger partial charge in [-0.25, -0.2) is 4.79 Å². The first-order valence-corrected chi connectivity index (χ1v) is 6.80. The molecule has 0 amide bonds. The number of hydrogen-bond acceptors (Lipinski definition) is 7. The molecule has 0 aromatic carbocycles. The second-order valence-electron chi connectivity index (χ2n) is 5.19. The minimum atomic E-state index is -2.19. The number of hydrogen-bond donors (Lipinski definition) is 4. The third kappa shape index (κ3) is 2.22. The summed E-state index contributed by atoms with van der Waals surface area (Å²) in [6.45, 7) is 2.27. The Morgan fingerprint density at radius 2 is 2.09 bits per heavy atom. The van der Waals surface area contributed by atoms with Crippen LogP contribution in [0.25, 0.3) is 0 Å². The second kappa shape index (κ2) is 5.76. The summed E-state index contributed by atoms with van der Waals surface area (Å²) in [4.78, 5) is 37.9. The second-order valence-corrected chi connectivity index (χ2v) is 5.19. The van der Waals surface area contributed by atoms with Gasteiger partial charge in [-0.1, -0.05) is 6.92 Å². The Balaban J connectivity index is 2.73. The van der Waals surface area contributed by atoms with E-state index >= 15 is 0 Å². The monoisotopic (exact) mass is 314 g/mol. The van der Waals surface area contributed by atoms with Crippen molar-refractivity contribution in [3.05, 3.63) is 32.6 Å². The molecule has 122 valence electrons. The lowest BCUT2D eigenvalue weighted by Gasteiger charge is -2.32. The number of Topliss-reactive ketones (excluding diaryl/α,β-unsaturated/α-hetero) is 1. The molecule has 22 heavy (non-hydrogen) atoms. The molecule has 1 aliphatic heterocycles. The molecule has 2 rings (SSSR count). The largest absolute Gasteiger partial charge is 0.394 e. The van der Waals surface area contributed by atoms with Crippen LogP contribution in [-0.2, 0) is 15.3 Å². The lowest BCUT2D eigenvalue weighted by molar-refractivity contribution is -0.175. The fourth-order valence-electron chi connectivity index (χ4n) is 2.58. The number of rotatable bonds is 4. The Morgan fingerprint density at radius 3 is 2.59 bits per heavy atom. The number of aromatic nitrogens is 2. The normalized spacial score (nSPS) is 31.4. The van der Waals surface area contributed by atoms with E-state index in [9.17, 15) is 29.7 Å². The SMILES string of the molecule is CCC(=O)[C@@]1(n2cc(C)c(=O)[nH]c2=O)O[C@H](CO)[C@@H](O)[C@H]1O. The zero-order valence-corrected chi connectivity index (χ0v) is 12.1. The number of ketones is 1. The average molecular weight is 314 g/mol. The predicted molar refractivity (Wildman–Crippen MR) is 73.3 cm³/mol. The Bertz CT molecular complexity index is 694. The quantitative estimate of drug-likeness (QED) is 0.485. The van der Waals surface area contributed by atoms with Gasteiger partial charge in [0.1, 0.15) is 18.3 Å². The van der Waals surface area contributed by atoms with E-state index in [1.54, 1.807) is 0 Å². The van der Waals surface area contributed by atoms with E-state index < -0.39 is 47.7 Å². The van der Waals surface area contributed by atoms with E-state index in [1.807, 2.05) is 4.98 Å². The van der Waals surface area contributed by atoms with Crippen LogP contribution in [0.4, 0.5) is 0 Å². The van der Waals surface area contributed by atoms with Gasteiger partial charge in [-0.05, 0) is 6.92 Å². The van der Waals surface area contributed by atoms with E-state index in [2.05, 4.69) is 0 Å². The molecule has 0 aliphatic carbocycles. The van der Waals surface area contributed by atoms with Crippen LogP contribution in [0.2, 0.25) is 0 Å². The highest BCUT2D eigenvalue weighted by molar-refractivity contribution is 5.86. The number of aliphatic hydroxyl groups is 3. The zero-order chi connectivity index (χ0) is 16.7. The Labute approximate surface area is 124 Å². The van der Waals surface area contributed by atoms with Crippen molar-refractivity contribution in [3.63, 3.8) is 0 Å². The summed E-state index contributed by atoms with van der Waals surface area (Å²) in [5.41, 5.74) is -3.65. The number of carbonyl (C=O) groups excluding carboxylic acids is 1. The molecular weight excluding hydrogens is 296 g/mol. The number of carbonyl (C=O) groups is 1. The van der Waals surface area contributed by atoms with Gasteiger partial charge in [0, 0.05) is 18.2 Å². The average Bonchev–Trinajstić information content (AvgIpc) is 2.75. The summed E-state index contributed by atoms with van der Waals surface area (Å²) in [5.74, 6) is -0.663. The van der Waals surface area contributed by atoms with Crippen LogP contribution >= 0.6 is 0 Å². The molecule has 9 heteroatoms. The minimum Gasteiger partial charge on any atom is -0.394 e. The third-order valence-corrected chi connectivity index (χ3v) is 3.81. The highest BCUT2D eigenvalue weighted by Gasteiger charge is 2.59. The first-order chi connectivity index (χ1) is 10.3. The summed E-state index contributed by atoms with van der Waals surface area (Å²) in [7, 11) is 0. The van der Waals surface area contributed by atoms with Gasteiger partial charge in [0.2, 0.25) is 5.72 Å². The molecule has 1 aromatic rings. The molecule has 0 unspecified atom stereocenters. The van der Waals surface area contributed by atoms with Gasteiger partial charge < -0.3 is 20.1 Å². The summed E-state index contributed by atoms with van der Waals surface area (Å²) in [5, 5.41) is 29.4. The summed E-state index contributed by atoms with van der Waals surface area (Å²) < 4.78 is 6.14. The molecule has 0 bridgehead atoms. The molecule has 1 saturated heterocycles. The number of nitrogens with zero attached hydrogens (tertiary/aromatic N) is 1. The zero-order valence-electron chi connectivity index (χ0n) is 12.1. The number of H-pyrrole nitrogens is 1. The number of ether oxygens (including phenoxy) is 1. The molecule has 1 aliphatic rings.